The van der Waals surface area contributed by atoms with Gasteiger partial charge in [-0.15, -0.1) is 0 Å². The van der Waals surface area contributed by atoms with Gasteiger partial charge in [0.1, 0.15) is 11.9 Å². The zero-order valence-corrected chi connectivity index (χ0v) is 14.9. The number of amides is 2. The van der Waals surface area contributed by atoms with Gasteiger partial charge in [0.2, 0.25) is 5.91 Å². The second-order valence-corrected chi connectivity index (χ2v) is 6.22. The van der Waals surface area contributed by atoms with E-state index < -0.39 is 17.8 Å². The van der Waals surface area contributed by atoms with Gasteiger partial charge >= 0.3 is 0 Å². The number of carbonyl (C=O) groups is 2. The van der Waals surface area contributed by atoms with Gasteiger partial charge < -0.3 is 10.2 Å². The number of aromatic amines is 1. The minimum absolute atomic E-state index is 0.230. The SMILES string of the molecule is CN(C)C(=O)C(NC(=O)c1cn[nH]c1-c1cccc(F)c1)c1ccccc1. The van der Waals surface area contributed by atoms with Crippen molar-refractivity contribution >= 4 is 11.8 Å². The van der Waals surface area contributed by atoms with E-state index in [1.807, 2.05) is 6.07 Å². The van der Waals surface area contributed by atoms with Gasteiger partial charge in [0.25, 0.3) is 5.91 Å². The van der Waals surface area contributed by atoms with E-state index in [4.69, 9.17) is 0 Å². The van der Waals surface area contributed by atoms with E-state index in [1.54, 1.807) is 50.5 Å². The molecule has 138 valence electrons. The predicted molar refractivity (Wildman–Crippen MR) is 99.3 cm³/mol. The Bertz CT molecular complexity index is 953. The Morgan fingerprint density at radius 1 is 1.11 bits per heavy atom. The van der Waals surface area contributed by atoms with Crippen molar-refractivity contribution in [2.45, 2.75) is 6.04 Å². The molecule has 0 aliphatic carbocycles. The van der Waals surface area contributed by atoms with Crippen LogP contribution in [0.2, 0.25) is 0 Å². The monoisotopic (exact) mass is 366 g/mol. The van der Waals surface area contributed by atoms with Crippen LogP contribution < -0.4 is 5.32 Å². The molecule has 1 aromatic heterocycles. The third kappa shape index (κ3) is 4.03. The van der Waals surface area contributed by atoms with Crippen molar-refractivity contribution in [1.82, 2.24) is 20.4 Å². The first-order chi connectivity index (χ1) is 13.0. The van der Waals surface area contributed by atoms with Crippen LogP contribution >= 0.6 is 0 Å². The summed E-state index contributed by atoms with van der Waals surface area (Å²) in [6, 6.07) is 14.0. The molecule has 0 spiro atoms. The summed E-state index contributed by atoms with van der Waals surface area (Å²) in [5.41, 5.74) is 1.78. The molecule has 2 amide bonds. The number of aromatic nitrogens is 2. The Kier molecular flexibility index (Phi) is 5.30. The van der Waals surface area contributed by atoms with Gasteiger partial charge in [-0.2, -0.15) is 5.10 Å². The average Bonchev–Trinajstić information content (AvgIpc) is 3.16. The Balaban J connectivity index is 1.92. The maximum Gasteiger partial charge on any atom is 0.256 e. The molecule has 0 aliphatic rings. The van der Waals surface area contributed by atoms with Gasteiger partial charge in [-0.1, -0.05) is 42.5 Å². The summed E-state index contributed by atoms with van der Waals surface area (Å²) >= 11 is 0. The molecular weight excluding hydrogens is 347 g/mol. The molecular formula is C20H19FN4O2. The quantitative estimate of drug-likeness (QED) is 0.729. The third-order valence-corrected chi connectivity index (χ3v) is 4.09. The fraction of sp³-hybridized carbons (Fsp3) is 0.150. The standard InChI is InChI=1S/C20H19FN4O2/c1-25(2)20(27)18(13-7-4-3-5-8-13)23-19(26)16-12-22-24-17(16)14-9-6-10-15(21)11-14/h3-12,18H,1-2H3,(H,22,24)(H,23,26). The molecule has 27 heavy (non-hydrogen) atoms. The zero-order chi connectivity index (χ0) is 19.4. The Hall–Kier alpha value is -3.48. The van der Waals surface area contributed by atoms with Crippen LogP contribution in [-0.2, 0) is 4.79 Å². The second-order valence-electron chi connectivity index (χ2n) is 6.22. The molecule has 1 atom stereocenters. The van der Waals surface area contributed by atoms with Crippen molar-refractivity contribution in [2.75, 3.05) is 14.1 Å². The minimum Gasteiger partial charge on any atom is -0.347 e. The number of nitrogens with one attached hydrogen (secondary N) is 2. The van der Waals surface area contributed by atoms with Crippen molar-refractivity contribution in [1.29, 1.82) is 0 Å². The molecule has 1 unspecified atom stereocenters. The molecule has 0 radical (unpaired) electrons. The van der Waals surface area contributed by atoms with E-state index in [9.17, 15) is 14.0 Å². The summed E-state index contributed by atoms with van der Waals surface area (Å²) in [4.78, 5) is 26.9. The lowest BCUT2D eigenvalue weighted by molar-refractivity contribution is -0.130. The highest BCUT2D eigenvalue weighted by Crippen LogP contribution is 2.23. The molecule has 0 saturated heterocycles. The van der Waals surface area contributed by atoms with Gasteiger partial charge in [-0.25, -0.2) is 4.39 Å². The number of carbonyl (C=O) groups excluding carboxylic acids is 2. The number of nitrogens with zero attached hydrogens (tertiary/aromatic N) is 2. The number of likely N-dealkylation sites (N-methyl/N-ethyl adjacent to an activating group) is 1. The van der Waals surface area contributed by atoms with Gasteiger partial charge in [0.05, 0.1) is 17.5 Å². The van der Waals surface area contributed by atoms with Gasteiger partial charge in [0, 0.05) is 19.7 Å². The van der Waals surface area contributed by atoms with E-state index in [-0.39, 0.29) is 11.5 Å². The van der Waals surface area contributed by atoms with E-state index >= 15 is 0 Å². The molecule has 2 N–H and O–H groups in total. The third-order valence-electron chi connectivity index (χ3n) is 4.09. The van der Waals surface area contributed by atoms with Crippen molar-refractivity contribution in [3.05, 3.63) is 77.7 Å². The summed E-state index contributed by atoms with van der Waals surface area (Å²) in [7, 11) is 3.25. The number of H-pyrrole nitrogens is 1. The average molecular weight is 366 g/mol. The van der Waals surface area contributed by atoms with Crippen LogP contribution in [0.15, 0.2) is 60.8 Å². The first kappa shape index (κ1) is 18.3. The predicted octanol–water partition coefficient (Wildman–Crippen LogP) is 2.78. The summed E-state index contributed by atoms with van der Waals surface area (Å²) in [6.45, 7) is 0. The number of hydrogen-bond donors (Lipinski definition) is 2. The molecule has 0 saturated carbocycles. The molecule has 6 nitrogen and oxygen atoms in total. The largest absolute Gasteiger partial charge is 0.347 e. The Labute approximate surface area is 156 Å². The lowest BCUT2D eigenvalue weighted by Gasteiger charge is -2.22. The molecule has 0 bridgehead atoms. The van der Waals surface area contributed by atoms with Crippen molar-refractivity contribution in [3.8, 4) is 11.3 Å². The lowest BCUT2D eigenvalue weighted by Crippen LogP contribution is -2.39. The highest BCUT2D eigenvalue weighted by molar-refractivity contribution is 6.02. The number of hydrogen-bond acceptors (Lipinski definition) is 3. The van der Waals surface area contributed by atoms with Crippen LogP contribution in [0.3, 0.4) is 0 Å². The highest BCUT2D eigenvalue weighted by atomic mass is 19.1. The van der Waals surface area contributed by atoms with Crippen LogP contribution in [0.25, 0.3) is 11.3 Å². The normalized spacial score (nSPS) is 11.7. The van der Waals surface area contributed by atoms with Gasteiger partial charge in [0.15, 0.2) is 0 Å². The molecule has 0 fully saturated rings. The molecule has 1 heterocycles. The number of rotatable bonds is 5. The minimum atomic E-state index is -0.844. The van der Waals surface area contributed by atoms with E-state index in [1.165, 1.54) is 23.2 Å². The number of halogens is 1. The van der Waals surface area contributed by atoms with E-state index in [0.29, 0.717) is 16.8 Å². The zero-order valence-electron chi connectivity index (χ0n) is 14.9. The highest BCUT2D eigenvalue weighted by Gasteiger charge is 2.26. The molecule has 7 heteroatoms. The fourth-order valence-electron chi connectivity index (χ4n) is 2.72. The Morgan fingerprint density at radius 3 is 2.52 bits per heavy atom. The number of benzene rings is 2. The molecule has 2 aromatic carbocycles. The van der Waals surface area contributed by atoms with Crippen molar-refractivity contribution in [2.24, 2.45) is 0 Å². The molecule has 3 rings (SSSR count). The van der Waals surface area contributed by atoms with Crippen LogP contribution in [0.1, 0.15) is 22.0 Å². The summed E-state index contributed by atoms with van der Waals surface area (Å²) < 4.78 is 13.5. The second kappa shape index (κ2) is 7.82. The van der Waals surface area contributed by atoms with Crippen LogP contribution in [-0.4, -0.2) is 41.0 Å². The summed E-state index contributed by atoms with van der Waals surface area (Å²) in [6.07, 6.45) is 1.36. The van der Waals surface area contributed by atoms with Gasteiger partial charge in [-0.3, -0.25) is 14.7 Å². The first-order valence-corrected chi connectivity index (χ1v) is 8.33. The molecule has 3 aromatic rings. The van der Waals surface area contributed by atoms with Crippen molar-refractivity contribution < 1.29 is 14.0 Å². The van der Waals surface area contributed by atoms with Crippen LogP contribution in [0.4, 0.5) is 4.39 Å². The van der Waals surface area contributed by atoms with Crippen molar-refractivity contribution in [3.63, 3.8) is 0 Å². The lowest BCUT2D eigenvalue weighted by atomic mass is 10.0. The first-order valence-electron chi connectivity index (χ1n) is 8.33. The van der Waals surface area contributed by atoms with E-state index in [2.05, 4.69) is 15.5 Å². The van der Waals surface area contributed by atoms with Gasteiger partial charge in [-0.05, 0) is 17.7 Å². The summed E-state index contributed by atoms with van der Waals surface area (Å²) in [5, 5.41) is 9.39. The molecule has 0 aliphatic heterocycles. The maximum absolute atomic E-state index is 13.5. The smallest absolute Gasteiger partial charge is 0.256 e. The van der Waals surface area contributed by atoms with Crippen LogP contribution in [0, 0.1) is 5.82 Å². The van der Waals surface area contributed by atoms with Crippen LogP contribution in [0.5, 0.6) is 0 Å². The topological polar surface area (TPSA) is 78.1 Å². The van der Waals surface area contributed by atoms with E-state index in [0.717, 1.165) is 0 Å². The Morgan fingerprint density at radius 2 is 1.85 bits per heavy atom. The fourth-order valence-corrected chi connectivity index (χ4v) is 2.72. The summed E-state index contributed by atoms with van der Waals surface area (Å²) in [5.74, 6) is -1.16. The maximum atomic E-state index is 13.5.